The molecule has 308 valence electrons. The Balaban J connectivity index is 1.43. The highest BCUT2D eigenvalue weighted by Gasteiger charge is 2.44. The number of rotatable bonds is 25. The monoisotopic (exact) mass is 769 g/mol. The minimum atomic E-state index is -1.25. The van der Waals surface area contributed by atoms with E-state index < -0.39 is 48.5 Å². The van der Waals surface area contributed by atoms with Crippen LogP contribution in [0.3, 0.4) is 0 Å². The number of nitrogens with one attached hydrogen (secondary N) is 3. The Morgan fingerprint density at radius 2 is 1.27 bits per heavy atom. The van der Waals surface area contributed by atoms with Gasteiger partial charge >= 0.3 is 5.97 Å². The van der Waals surface area contributed by atoms with E-state index in [0.29, 0.717) is 50.8 Å². The molecule has 0 radical (unpaired) electrons. The lowest BCUT2D eigenvalue weighted by Crippen LogP contribution is -2.57. The maximum Gasteiger partial charge on any atom is 0.326 e. The highest BCUT2D eigenvalue weighted by Crippen LogP contribution is 2.26. The minimum Gasteiger partial charge on any atom is -0.508 e. The van der Waals surface area contributed by atoms with Crippen LogP contribution in [0.2, 0.25) is 0 Å². The van der Waals surface area contributed by atoms with Crippen LogP contribution in [-0.4, -0.2) is 99.3 Å². The summed E-state index contributed by atoms with van der Waals surface area (Å²) in [7, 11) is 0. The Bertz CT molecular complexity index is 1390. The van der Waals surface area contributed by atoms with Gasteiger partial charge in [0.2, 0.25) is 29.5 Å². The number of unbranched alkanes of at least 4 members (excludes halogenated alkanes) is 12. The van der Waals surface area contributed by atoms with Gasteiger partial charge in [0.25, 0.3) is 0 Å². The molecule has 0 aliphatic carbocycles. The van der Waals surface area contributed by atoms with Crippen molar-refractivity contribution in [3.8, 4) is 5.75 Å². The van der Waals surface area contributed by atoms with Gasteiger partial charge < -0.3 is 36.0 Å². The predicted octanol–water partition coefficient (Wildman–Crippen LogP) is 5.22. The highest BCUT2D eigenvalue weighted by atomic mass is 16.4. The SMILES string of the molecule is CCCCCCCCCCCCCCCC(=O)N[C@H](C(=O)N1CCC[C@H]1C(=O)N1CCC[C@H]1C(=O)NCC(=O)N[C@@H](Cc1ccc(O)cc1)C(=O)O)C(C)C. The second-order valence-corrected chi connectivity index (χ2v) is 15.7. The molecule has 5 N–H and O–H groups in total. The average Bonchev–Trinajstić information content (AvgIpc) is 3.86. The van der Waals surface area contributed by atoms with Crippen LogP contribution in [-0.2, 0) is 35.2 Å². The zero-order valence-electron chi connectivity index (χ0n) is 33.5. The molecule has 0 saturated carbocycles. The molecule has 0 aromatic heterocycles. The number of phenolic OH excluding ortho intramolecular Hbond substituents is 1. The van der Waals surface area contributed by atoms with Crippen molar-refractivity contribution in [3.63, 3.8) is 0 Å². The zero-order valence-corrected chi connectivity index (χ0v) is 33.5. The largest absolute Gasteiger partial charge is 0.508 e. The van der Waals surface area contributed by atoms with Crippen molar-refractivity contribution < 1.29 is 39.0 Å². The van der Waals surface area contributed by atoms with E-state index in [9.17, 15) is 39.0 Å². The summed E-state index contributed by atoms with van der Waals surface area (Å²) in [6.07, 6.45) is 18.2. The lowest BCUT2D eigenvalue weighted by atomic mass is 10.0. The van der Waals surface area contributed by atoms with Crippen LogP contribution in [0.15, 0.2) is 24.3 Å². The minimum absolute atomic E-state index is 0.0162. The second-order valence-electron chi connectivity index (χ2n) is 15.7. The highest BCUT2D eigenvalue weighted by molar-refractivity contribution is 5.96. The van der Waals surface area contributed by atoms with Gasteiger partial charge in [0.1, 0.15) is 29.9 Å². The van der Waals surface area contributed by atoms with Crippen LogP contribution in [0, 0.1) is 5.92 Å². The number of benzene rings is 1. The number of hydrogen-bond acceptors (Lipinski definition) is 7. The fourth-order valence-electron chi connectivity index (χ4n) is 7.62. The van der Waals surface area contributed by atoms with E-state index in [1.165, 1.54) is 81.2 Å². The fourth-order valence-corrected chi connectivity index (χ4v) is 7.62. The lowest BCUT2D eigenvalue weighted by Gasteiger charge is -2.33. The van der Waals surface area contributed by atoms with E-state index in [1.807, 2.05) is 13.8 Å². The zero-order chi connectivity index (χ0) is 40.2. The number of carbonyl (C=O) groups excluding carboxylic acids is 5. The van der Waals surface area contributed by atoms with Gasteiger partial charge in [-0.15, -0.1) is 0 Å². The first kappa shape index (κ1) is 45.2. The number of carboxylic acids is 1. The fraction of sp³-hybridized carbons (Fsp3) is 0.714. The summed E-state index contributed by atoms with van der Waals surface area (Å²) in [4.78, 5) is 81.4. The number of nitrogens with zero attached hydrogens (tertiary/aromatic N) is 2. The maximum absolute atomic E-state index is 13.9. The molecule has 0 unspecified atom stereocenters. The van der Waals surface area contributed by atoms with Crippen LogP contribution in [0.4, 0.5) is 0 Å². The molecule has 3 rings (SSSR count). The van der Waals surface area contributed by atoms with Crippen molar-refractivity contribution in [2.45, 2.75) is 167 Å². The summed E-state index contributed by atoms with van der Waals surface area (Å²) < 4.78 is 0. The predicted molar refractivity (Wildman–Crippen MR) is 211 cm³/mol. The molecule has 1 aromatic carbocycles. The van der Waals surface area contributed by atoms with Crippen LogP contribution in [0.1, 0.15) is 142 Å². The topological polar surface area (TPSA) is 185 Å². The first-order chi connectivity index (χ1) is 26.4. The van der Waals surface area contributed by atoms with E-state index in [4.69, 9.17) is 0 Å². The molecule has 13 heteroatoms. The van der Waals surface area contributed by atoms with E-state index in [0.717, 1.165) is 19.3 Å². The van der Waals surface area contributed by atoms with Crippen LogP contribution < -0.4 is 16.0 Å². The molecule has 4 atom stereocenters. The number of carbonyl (C=O) groups is 6. The summed E-state index contributed by atoms with van der Waals surface area (Å²) in [6, 6.07) is 2.38. The van der Waals surface area contributed by atoms with Crippen LogP contribution in [0.25, 0.3) is 0 Å². The number of carboxylic acid groups (broad SMARTS) is 1. The summed E-state index contributed by atoms with van der Waals surface area (Å²) in [5.74, 6) is -3.39. The molecule has 2 heterocycles. The van der Waals surface area contributed by atoms with E-state index in [-0.39, 0.29) is 35.8 Å². The first-order valence-corrected chi connectivity index (χ1v) is 20.9. The summed E-state index contributed by atoms with van der Waals surface area (Å²) >= 11 is 0. The number of amides is 5. The summed E-state index contributed by atoms with van der Waals surface area (Å²) in [6.45, 7) is 6.24. The molecular formula is C42H67N5O8. The molecule has 55 heavy (non-hydrogen) atoms. The number of aliphatic carboxylic acids is 1. The molecule has 13 nitrogen and oxygen atoms in total. The van der Waals surface area contributed by atoms with Gasteiger partial charge in [0, 0.05) is 25.9 Å². The van der Waals surface area contributed by atoms with Crippen molar-refractivity contribution in [2.75, 3.05) is 19.6 Å². The second kappa shape index (κ2) is 24.4. The third kappa shape index (κ3) is 15.5. The number of phenols is 1. The van der Waals surface area contributed by atoms with Gasteiger partial charge in [-0.3, -0.25) is 24.0 Å². The Morgan fingerprint density at radius 3 is 1.84 bits per heavy atom. The smallest absolute Gasteiger partial charge is 0.326 e. The van der Waals surface area contributed by atoms with Crippen molar-refractivity contribution in [1.82, 2.24) is 25.8 Å². The Morgan fingerprint density at radius 1 is 0.727 bits per heavy atom. The molecule has 2 saturated heterocycles. The Labute approximate surface area is 327 Å². The Hall–Kier alpha value is -4.16. The van der Waals surface area contributed by atoms with Gasteiger partial charge in [-0.05, 0) is 55.7 Å². The molecule has 2 aliphatic heterocycles. The third-order valence-corrected chi connectivity index (χ3v) is 10.8. The normalized spacial score (nSPS) is 17.9. The van der Waals surface area contributed by atoms with Crippen molar-refractivity contribution in [1.29, 1.82) is 0 Å². The quantitative estimate of drug-likeness (QED) is 0.0838. The molecular weight excluding hydrogens is 702 g/mol. The average molecular weight is 770 g/mol. The molecule has 1 aromatic rings. The van der Waals surface area contributed by atoms with Gasteiger partial charge in [-0.25, -0.2) is 4.79 Å². The van der Waals surface area contributed by atoms with Crippen molar-refractivity contribution >= 4 is 35.5 Å². The summed E-state index contributed by atoms with van der Waals surface area (Å²) in [5, 5.41) is 27.0. The molecule has 0 spiro atoms. The lowest BCUT2D eigenvalue weighted by molar-refractivity contribution is -0.148. The van der Waals surface area contributed by atoms with Gasteiger partial charge in [0.05, 0.1) is 6.54 Å². The van der Waals surface area contributed by atoms with Crippen LogP contribution in [0.5, 0.6) is 5.75 Å². The van der Waals surface area contributed by atoms with E-state index >= 15 is 0 Å². The number of hydrogen-bond donors (Lipinski definition) is 5. The molecule has 5 amide bonds. The standard InChI is InChI=1S/C42H67N5O8/c1-4-5-6-7-8-9-10-11-12-13-14-15-16-21-36(49)45-38(30(2)3)41(53)47-27-18-20-35(47)40(52)46-26-17-19-34(46)39(51)43-29-37(50)44-33(42(54)55)28-31-22-24-32(48)25-23-31/h22-25,30,33-35,38,48H,4-21,26-29H2,1-3H3,(H,43,51)(H,44,50)(H,45,49)(H,54,55)/t33-,34-,35-,38-/m0/s1. The molecule has 0 bridgehead atoms. The van der Waals surface area contributed by atoms with Gasteiger partial charge in [0.15, 0.2) is 0 Å². The number of likely N-dealkylation sites (tertiary alicyclic amines) is 2. The molecule has 2 aliphatic rings. The van der Waals surface area contributed by atoms with Gasteiger partial charge in [-0.1, -0.05) is 110 Å². The van der Waals surface area contributed by atoms with Crippen molar-refractivity contribution in [3.05, 3.63) is 29.8 Å². The van der Waals surface area contributed by atoms with Crippen LogP contribution >= 0.6 is 0 Å². The summed E-state index contributed by atoms with van der Waals surface area (Å²) in [5.41, 5.74) is 0.598. The van der Waals surface area contributed by atoms with Crippen molar-refractivity contribution in [2.24, 2.45) is 5.92 Å². The number of aromatic hydroxyl groups is 1. The third-order valence-electron chi connectivity index (χ3n) is 10.8. The van der Waals surface area contributed by atoms with E-state index in [2.05, 4.69) is 22.9 Å². The maximum atomic E-state index is 13.9. The first-order valence-electron chi connectivity index (χ1n) is 20.9. The van der Waals surface area contributed by atoms with E-state index in [1.54, 1.807) is 17.0 Å². The Kier molecular flexibility index (Phi) is 20.0. The van der Waals surface area contributed by atoms with Gasteiger partial charge in [-0.2, -0.15) is 0 Å². The molecule has 2 fully saturated rings.